The van der Waals surface area contributed by atoms with Crippen LogP contribution in [0.5, 0.6) is 0 Å². The quantitative estimate of drug-likeness (QED) is 0.846. The van der Waals surface area contributed by atoms with E-state index in [9.17, 15) is 9.59 Å². The third-order valence-corrected chi connectivity index (χ3v) is 3.45. The zero-order chi connectivity index (χ0) is 16.0. The number of hydrogen-bond acceptors (Lipinski definition) is 2. The Morgan fingerprint density at radius 2 is 2.05 bits per heavy atom. The highest BCUT2D eigenvalue weighted by atomic mass is 35.5. The minimum absolute atomic E-state index is 0.00650. The monoisotopic (exact) mass is 312 g/mol. The normalized spacial score (nSPS) is 12.0. The standard InChI is InChI=1S/C15H21ClN2O3/c1-4-13(10(2)3)17-15(21)18(9-14(19)20)12-7-5-6-11(16)8-12/h5-8,10,13H,4,9H2,1-3H3,(H,17,21)(H,19,20). The van der Waals surface area contributed by atoms with E-state index in [1.165, 1.54) is 4.90 Å². The van der Waals surface area contributed by atoms with Gasteiger partial charge < -0.3 is 10.4 Å². The van der Waals surface area contributed by atoms with E-state index < -0.39 is 18.5 Å². The highest BCUT2D eigenvalue weighted by molar-refractivity contribution is 6.30. The number of benzene rings is 1. The molecule has 1 aromatic carbocycles. The zero-order valence-corrected chi connectivity index (χ0v) is 13.2. The fourth-order valence-corrected chi connectivity index (χ4v) is 2.22. The third kappa shape index (κ3) is 5.27. The van der Waals surface area contributed by atoms with Crippen LogP contribution >= 0.6 is 11.6 Å². The number of carbonyl (C=O) groups is 2. The van der Waals surface area contributed by atoms with Gasteiger partial charge in [0, 0.05) is 16.8 Å². The number of carbonyl (C=O) groups excluding carboxylic acids is 1. The van der Waals surface area contributed by atoms with Gasteiger partial charge in [-0.2, -0.15) is 0 Å². The predicted molar refractivity (Wildman–Crippen MR) is 83.9 cm³/mol. The Kier molecular flexibility index (Phi) is 6.49. The number of amides is 2. The van der Waals surface area contributed by atoms with Gasteiger partial charge in [0.2, 0.25) is 0 Å². The number of carboxylic acid groups (broad SMARTS) is 1. The van der Waals surface area contributed by atoms with Gasteiger partial charge in [-0.1, -0.05) is 38.4 Å². The van der Waals surface area contributed by atoms with Crippen LogP contribution in [0, 0.1) is 5.92 Å². The van der Waals surface area contributed by atoms with Gasteiger partial charge >= 0.3 is 12.0 Å². The number of carboxylic acids is 1. The summed E-state index contributed by atoms with van der Waals surface area (Å²) in [6, 6.07) is 6.14. The second-order valence-electron chi connectivity index (χ2n) is 5.17. The SMILES string of the molecule is CCC(NC(=O)N(CC(=O)O)c1cccc(Cl)c1)C(C)C. The summed E-state index contributed by atoms with van der Waals surface area (Å²) in [7, 11) is 0. The van der Waals surface area contributed by atoms with Crippen LogP contribution in [-0.2, 0) is 4.79 Å². The summed E-state index contributed by atoms with van der Waals surface area (Å²) >= 11 is 5.91. The lowest BCUT2D eigenvalue weighted by molar-refractivity contribution is -0.135. The topological polar surface area (TPSA) is 69.6 Å². The van der Waals surface area contributed by atoms with E-state index in [0.717, 1.165) is 6.42 Å². The average molecular weight is 313 g/mol. The Morgan fingerprint density at radius 1 is 1.38 bits per heavy atom. The molecule has 2 N–H and O–H groups in total. The van der Waals surface area contributed by atoms with Crippen molar-refractivity contribution >= 4 is 29.3 Å². The number of aliphatic carboxylic acids is 1. The maximum Gasteiger partial charge on any atom is 0.323 e. The minimum atomic E-state index is -1.08. The van der Waals surface area contributed by atoms with E-state index >= 15 is 0 Å². The predicted octanol–water partition coefficient (Wildman–Crippen LogP) is 3.38. The molecule has 1 aromatic rings. The van der Waals surface area contributed by atoms with Gasteiger partial charge in [0.1, 0.15) is 6.54 Å². The number of rotatable bonds is 6. The summed E-state index contributed by atoms with van der Waals surface area (Å²) in [4.78, 5) is 24.6. The Hall–Kier alpha value is -1.75. The van der Waals surface area contributed by atoms with Gasteiger partial charge in [0.15, 0.2) is 0 Å². The lowest BCUT2D eigenvalue weighted by Gasteiger charge is -2.27. The Morgan fingerprint density at radius 3 is 2.52 bits per heavy atom. The van der Waals surface area contributed by atoms with Crippen LogP contribution < -0.4 is 10.2 Å². The maximum absolute atomic E-state index is 12.4. The van der Waals surface area contributed by atoms with Crippen molar-refractivity contribution in [1.82, 2.24) is 5.32 Å². The van der Waals surface area contributed by atoms with Crippen molar-refractivity contribution in [2.24, 2.45) is 5.92 Å². The first-order chi connectivity index (χ1) is 9.85. The zero-order valence-electron chi connectivity index (χ0n) is 12.5. The number of nitrogens with zero attached hydrogens (tertiary/aromatic N) is 1. The van der Waals surface area contributed by atoms with Crippen LogP contribution in [0.3, 0.4) is 0 Å². The van der Waals surface area contributed by atoms with Gasteiger partial charge in [-0.3, -0.25) is 9.69 Å². The van der Waals surface area contributed by atoms with Gasteiger partial charge in [-0.05, 0) is 30.5 Å². The molecule has 1 unspecified atom stereocenters. The third-order valence-electron chi connectivity index (χ3n) is 3.21. The first-order valence-corrected chi connectivity index (χ1v) is 7.28. The molecule has 21 heavy (non-hydrogen) atoms. The van der Waals surface area contributed by atoms with E-state index in [0.29, 0.717) is 10.7 Å². The van der Waals surface area contributed by atoms with Crippen LogP contribution in [0.25, 0.3) is 0 Å². The molecule has 1 rings (SSSR count). The molecule has 0 heterocycles. The summed E-state index contributed by atoms with van der Waals surface area (Å²) in [5.74, 6) is -0.812. The second kappa shape index (κ2) is 7.88. The van der Waals surface area contributed by atoms with Crippen molar-refractivity contribution in [2.75, 3.05) is 11.4 Å². The molecule has 0 radical (unpaired) electrons. The fraction of sp³-hybridized carbons (Fsp3) is 0.467. The first kappa shape index (κ1) is 17.3. The molecular formula is C15H21ClN2O3. The molecule has 0 aromatic heterocycles. The number of anilines is 1. The molecule has 116 valence electrons. The highest BCUT2D eigenvalue weighted by Gasteiger charge is 2.22. The Bertz CT molecular complexity index is 505. The number of urea groups is 1. The van der Waals surface area contributed by atoms with E-state index in [-0.39, 0.29) is 12.0 Å². The number of halogens is 1. The van der Waals surface area contributed by atoms with E-state index in [2.05, 4.69) is 5.32 Å². The molecule has 0 saturated carbocycles. The largest absolute Gasteiger partial charge is 0.480 e. The van der Waals surface area contributed by atoms with Gasteiger partial charge in [-0.15, -0.1) is 0 Å². The van der Waals surface area contributed by atoms with E-state index in [1.807, 2.05) is 20.8 Å². The molecule has 0 aliphatic rings. The van der Waals surface area contributed by atoms with Crippen LogP contribution in [-0.4, -0.2) is 29.7 Å². The van der Waals surface area contributed by atoms with E-state index in [4.69, 9.17) is 16.7 Å². The fourth-order valence-electron chi connectivity index (χ4n) is 2.04. The molecule has 0 saturated heterocycles. The summed E-state index contributed by atoms with van der Waals surface area (Å²) in [6.45, 7) is 5.58. The molecule has 6 heteroatoms. The molecule has 0 aliphatic carbocycles. The first-order valence-electron chi connectivity index (χ1n) is 6.90. The van der Waals surface area contributed by atoms with Crippen molar-refractivity contribution in [1.29, 1.82) is 0 Å². The second-order valence-corrected chi connectivity index (χ2v) is 5.60. The lowest BCUT2D eigenvalue weighted by Crippen LogP contribution is -2.48. The minimum Gasteiger partial charge on any atom is -0.480 e. The van der Waals surface area contributed by atoms with Crippen molar-refractivity contribution < 1.29 is 14.7 Å². The Labute approximate surface area is 129 Å². The van der Waals surface area contributed by atoms with Crippen molar-refractivity contribution in [3.05, 3.63) is 29.3 Å². The van der Waals surface area contributed by atoms with Crippen LogP contribution in [0.2, 0.25) is 5.02 Å². The van der Waals surface area contributed by atoms with Crippen molar-refractivity contribution in [2.45, 2.75) is 33.2 Å². The molecule has 1 atom stereocenters. The number of hydrogen-bond donors (Lipinski definition) is 2. The molecule has 0 spiro atoms. The molecule has 0 fully saturated rings. The van der Waals surface area contributed by atoms with Crippen molar-refractivity contribution in [3.8, 4) is 0 Å². The van der Waals surface area contributed by atoms with E-state index in [1.54, 1.807) is 24.3 Å². The maximum atomic E-state index is 12.4. The Balaban J connectivity index is 2.97. The average Bonchev–Trinajstić information content (AvgIpc) is 2.41. The smallest absolute Gasteiger partial charge is 0.323 e. The van der Waals surface area contributed by atoms with Crippen LogP contribution in [0.1, 0.15) is 27.2 Å². The summed E-state index contributed by atoms with van der Waals surface area (Å²) in [5, 5.41) is 12.3. The van der Waals surface area contributed by atoms with Crippen LogP contribution in [0.4, 0.5) is 10.5 Å². The summed E-state index contributed by atoms with van der Waals surface area (Å²) < 4.78 is 0. The van der Waals surface area contributed by atoms with Gasteiger partial charge in [-0.25, -0.2) is 4.79 Å². The van der Waals surface area contributed by atoms with Gasteiger partial charge in [0.25, 0.3) is 0 Å². The summed E-state index contributed by atoms with van der Waals surface area (Å²) in [6.07, 6.45) is 0.778. The lowest BCUT2D eigenvalue weighted by atomic mass is 10.0. The van der Waals surface area contributed by atoms with Crippen LogP contribution in [0.15, 0.2) is 24.3 Å². The molecule has 5 nitrogen and oxygen atoms in total. The highest BCUT2D eigenvalue weighted by Crippen LogP contribution is 2.20. The molecule has 0 aliphatic heterocycles. The summed E-state index contributed by atoms with van der Waals surface area (Å²) in [5.41, 5.74) is 0.459. The molecular weight excluding hydrogens is 292 g/mol. The molecule has 0 bridgehead atoms. The number of nitrogens with one attached hydrogen (secondary N) is 1. The van der Waals surface area contributed by atoms with Gasteiger partial charge in [0.05, 0.1) is 0 Å². The van der Waals surface area contributed by atoms with Crippen molar-refractivity contribution in [3.63, 3.8) is 0 Å². The molecule has 2 amide bonds.